The molecule has 134 valence electrons. The van der Waals surface area contributed by atoms with Gasteiger partial charge in [-0.1, -0.05) is 43.5 Å². The number of morpholine rings is 1. The van der Waals surface area contributed by atoms with Gasteiger partial charge in [-0.05, 0) is 37.1 Å². The molecule has 1 aliphatic heterocycles. The van der Waals surface area contributed by atoms with E-state index in [2.05, 4.69) is 43.2 Å². The van der Waals surface area contributed by atoms with Crippen LogP contribution in [0.1, 0.15) is 25.2 Å². The van der Waals surface area contributed by atoms with Gasteiger partial charge in [-0.25, -0.2) is 9.97 Å². The van der Waals surface area contributed by atoms with Crippen molar-refractivity contribution in [3.05, 3.63) is 67.0 Å². The maximum absolute atomic E-state index is 5.50. The molecule has 1 aromatic heterocycles. The second kappa shape index (κ2) is 8.11. The molecular weight excluding hydrogens is 322 g/mol. The molecule has 0 N–H and O–H groups in total. The largest absolute Gasteiger partial charge is 0.378 e. The molecule has 0 spiro atoms. The summed E-state index contributed by atoms with van der Waals surface area (Å²) in [5.41, 5.74) is 4.03. The number of rotatable bonds is 5. The van der Waals surface area contributed by atoms with E-state index in [1.165, 1.54) is 0 Å². The van der Waals surface area contributed by atoms with Crippen molar-refractivity contribution in [3.8, 4) is 0 Å². The maximum Gasteiger partial charge on any atom is 0.161 e. The van der Waals surface area contributed by atoms with Gasteiger partial charge in [0.15, 0.2) is 5.82 Å². The standard InChI is InChI=1S/C22H25N3O/c1-5-7-16(3)18-9-10-19-20(15-18)23-21(17(4)8-6-2)24-22(19)25-11-13-26-14-12-25/h5-10,15H,1,4,11-14H2,2-3H3/b8-6-,16-7+. The molecule has 0 aliphatic carbocycles. The molecule has 0 unspecified atom stereocenters. The second-order valence-electron chi connectivity index (χ2n) is 6.31. The minimum absolute atomic E-state index is 0.666. The van der Waals surface area contributed by atoms with Crippen molar-refractivity contribution < 1.29 is 4.74 Å². The summed E-state index contributed by atoms with van der Waals surface area (Å²) in [4.78, 5) is 11.9. The van der Waals surface area contributed by atoms with Gasteiger partial charge < -0.3 is 9.64 Å². The Hall–Kier alpha value is -2.72. The maximum atomic E-state index is 5.50. The van der Waals surface area contributed by atoms with Crippen molar-refractivity contribution in [2.24, 2.45) is 0 Å². The molecule has 1 aliphatic rings. The highest BCUT2D eigenvalue weighted by Crippen LogP contribution is 2.29. The number of benzene rings is 1. The third-order valence-corrected chi connectivity index (χ3v) is 4.47. The minimum atomic E-state index is 0.666. The molecule has 2 aromatic rings. The van der Waals surface area contributed by atoms with Gasteiger partial charge in [0.1, 0.15) is 5.82 Å². The molecule has 1 aromatic carbocycles. The Morgan fingerprint density at radius 1 is 1.23 bits per heavy atom. The zero-order valence-electron chi connectivity index (χ0n) is 15.5. The lowest BCUT2D eigenvalue weighted by Crippen LogP contribution is -2.37. The van der Waals surface area contributed by atoms with E-state index in [-0.39, 0.29) is 0 Å². The third-order valence-electron chi connectivity index (χ3n) is 4.47. The van der Waals surface area contributed by atoms with E-state index in [0.717, 1.165) is 59.7 Å². The highest BCUT2D eigenvalue weighted by Gasteiger charge is 2.18. The van der Waals surface area contributed by atoms with Gasteiger partial charge in [0.05, 0.1) is 18.7 Å². The van der Waals surface area contributed by atoms with Crippen LogP contribution in [0.5, 0.6) is 0 Å². The summed E-state index contributed by atoms with van der Waals surface area (Å²) >= 11 is 0. The van der Waals surface area contributed by atoms with Crippen LogP contribution >= 0.6 is 0 Å². The summed E-state index contributed by atoms with van der Waals surface area (Å²) in [6, 6.07) is 6.34. The van der Waals surface area contributed by atoms with Crippen molar-refractivity contribution in [3.63, 3.8) is 0 Å². The molecule has 4 heteroatoms. The Balaban J connectivity index is 2.17. The first-order valence-electron chi connectivity index (χ1n) is 8.90. The van der Waals surface area contributed by atoms with Crippen LogP contribution < -0.4 is 4.90 Å². The van der Waals surface area contributed by atoms with Crippen molar-refractivity contribution in [2.45, 2.75) is 13.8 Å². The second-order valence-corrected chi connectivity index (χ2v) is 6.31. The Morgan fingerprint density at radius 2 is 2.00 bits per heavy atom. The summed E-state index contributed by atoms with van der Waals surface area (Å²) in [6.45, 7) is 15.0. The fourth-order valence-corrected chi connectivity index (χ4v) is 3.07. The minimum Gasteiger partial charge on any atom is -0.378 e. The monoisotopic (exact) mass is 347 g/mol. The lowest BCUT2D eigenvalue weighted by Gasteiger charge is -2.29. The predicted molar refractivity (Wildman–Crippen MR) is 110 cm³/mol. The molecule has 1 saturated heterocycles. The number of hydrogen-bond donors (Lipinski definition) is 0. The first kappa shape index (κ1) is 18.1. The summed E-state index contributed by atoms with van der Waals surface area (Å²) in [6.07, 6.45) is 7.71. The lowest BCUT2D eigenvalue weighted by molar-refractivity contribution is 0.122. The Morgan fingerprint density at radius 3 is 2.69 bits per heavy atom. The summed E-state index contributed by atoms with van der Waals surface area (Å²) in [5, 5.41) is 1.05. The van der Waals surface area contributed by atoms with E-state index in [4.69, 9.17) is 14.7 Å². The Kier molecular flexibility index (Phi) is 5.64. The van der Waals surface area contributed by atoms with Crippen LogP contribution in [0.4, 0.5) is 5.82 Å². The van der Waals surface area contributed by atoms with E-state index in [9.17, 15) is 0 Å². The zero-order chi connectivity index (χ0) is 18.5. The Bertz CT molecular complexity index is 890. The number of hydrogen-bond acceptors (Lipinski definition) is 4. The molecule has 0 amide bonds. The number of ether oxygens (including phenoxy) is 1. The normalized spacial score (nSPS) is 15.6. The quantitative estimate of drug-likeness (QED) is 0.738. The van der Waals surface area contributed by atoms with E-state index in [1.54, 1.807) is 6.08 Å². The number of nitrogens with zero attached hydrogens (tertiary/aromatic N) is 3. The number of aromatic nitrogens is 2. The van der Waals surface area contributed by atoms with E-state index < -0.39 is 0 Å². The van der Waals surface area contributed by atoms with Crippen molar-refractivity contribution in [2.75, 3.05) is 31.2 Å². The van der Waals surface area contributed by atoms with Gasteiger partial charge in [0, 0.05) is 24.0 Å². The van der Waals surface area contributed by atoms with Crippen LogP contribution in [0.25, 0.3) is 22.0 Å². The van der Waals surface area contributed by atoms with Crippen LogP contribution in [-0.2, 0) is 4.74 Å². The summed E-state index contributed by atoms with van der Waals surface area (Å²) < 4.78 is 5.50. The van der Waals surface area contributed by atoms with Crippen molar-refractivity contribution in [1.82, 2.24) is 9.97 Å². The average molecular weight is 347 g/mol. The molecule has 3 rings (SSSR count). The molecule has 1 fully saturated rings. The van der Waals surface area contributed by atoms with Gasteiger partial charge in [-0.3, -0.25) is 0 Å². The van der Waals surface area contributed by atoms with Crippen LogP contribution in [0.2, 0.25) is 0 Å². The molecule has 4 nitrogen and oxygen atoms in total. The topological polar surface area (TPSA) is 38.2 Å². The summed E-state index contributed by atoms with van der Waals surface area (Å²) in [7, 11) is 0. The molecule has 2 heterocycles. The number of allylic oxidation sites excluding steroid dienone is 6. The first-order chi connectivity index (χ1) is 12.6. The van der Waals surface area contributed by atoms with E-state index in [0.29, 0.717) is 5.82 Å². The molecule has 0 bridgehead atoms. The van der Waals surface area contributed by atoms with Gasteiger partial charge >= 0.3 is 0 Å². The third kappa shape index (κ3) is 3.75. The summed E-state index contributed by atoms with van der Waals surface area (Å²) in [5.74, 6) is 1.62. The van der Waals surface area contributed by atoms with Crippen LogP contribution in [0.15, 0.2) is 55.7 Å². The van der Waals surface area contributed by atoms with Crippen LogP contribution in [0.3, 0.4) is 0 Å². The number of anilines is 1. The lowest BCUT2D eigenvalue weighted by atomic mass is 10.0. The van der Waals surface area contributed by atoms with Gasteiger partial charge in [-0.2, -0.15) is 0 Å². The van der Waals surface area contributed by atoms with Gasteiger partial charge in [0.2, 0.25) is 0 Å². The fourth-order valence-electron chi connectivity index (χ4n) is 3.07. The molecule has 26 heavy (non-hydrogen) atoms. The fraction of sp³-hybridized carbons (Fsp3) is 0.273. The van der Waals surface area contributed by atoms with Crippen LogP contribution in [0, 0.1) is 0 Å². The SMILES string of the molecule is C=C/C=C(\C)c1ccc2c(N3CCOCC3)nc(C(=C)/C=C\C)nc2c1. The molecule has 0 saturated carbocycles. The number of fused-ring (bicyclic) bond motifs is 1. The van der Waals surface area contributed by atoms with Crippen LogP contribution in [-0.4, -0.2) is 36.3 Å². The molecular formula is C22H25N3O. The van der Waals surface area contributed by atoms with Crippen molar-refractivity contribution >= 4 is 27.9 Å². The Labute approximate surface area is 155 Å². The highest BCUT2D eigenvalue weighted by molar-refractivity contribution is 5.93. The van der Waals surface area contributed by atoms with Crippen molar-refractivity contribution in [1.29, 1.82) is 0 Å². The average Bonchev–Trinajstić information content (AvgIpc) is 2.67. The van der Waals surface area contributed by atoms with Gasteiger partial charge in [-0.15, -0.1) is 0 Å². The van der Waals surface area contributed by atoms with Gasteiger partial charge in [0.25, 0.3) is 0 Å². The molecule has 0 atom stereocenters. The van der Waals surface area contributed by atoms with E-state index >= 15 is 0 Å². The molecule has 0 radical (unpaired) electrons. The zero-order valence-corrected chi connectivity index (χ0v) is 15.5. The predicted octanol–water partition coefficient (Wildman–Crippen LogP) is 4.65. The smallest absolute Gasteiger partial charge is 0.161 e. The highest BCUT2D eigenvalue weighted by atomic mass is 16.5. The first-order valence-corrected chi connectivity index (χ1v) is 8.90. The van der Waals surface area contributed by atoms with E-state index in [1.807, 2.05) is 25.2 Å².